The average Bonchev–Trinajstić information content (AvgIpc) is 2.65. The molecule has 0 saturated heterocycles. The first kappa shape index (κ1) is 13.8. The lowest BCUT2D eigenvalue weighted by Gasteiger charge is -2.26. The maximum Gasteiger partial charge on any atom is 0.184 e. The van der Waals surface area contributed by atoms with Crippen LogP contribution in [-0.4, -0.2) is 26.8 Å². The van der Waals surface area contributed by atoms with Gasteiger partial charge in [0.1, 0.15) is 5.69 Å². The number of nitrogens with zero attached hydrogens (tertiary/aromatic N) is 3. The summed E-state index contributed by atoms with van der Waals surface area (Å²) in [6.07, 6.45) is 2.78. The number of carbonyl (C=O) groups is 1. The van der Waals surface area contributed by atoms with Crippen molar-refractivity contribution in [3.63, 3.8) is 0 Å². The standard InChI is InChI=1S/C12H22N4O/c1-5-6-16-9(8-14-15-16)10(17)7-11(13)12(2,3)4/h8,11H,5-7,13H2,1-4H3. The number of Topliss-reactive ketones (excluding diaryl/α,β-unsaturated/α-hetero) is 1. The van der Waals surface area contributed by atoms with Crippen LogP contribution in [0, 0.1) is 5.41 Å². The number of hydrogen-bond acceptors (Lipinski definition) is 4. The van der Waals surface area contributed by atoms with Gasteiger partial charge in [0, 0.05) is 19.0 Å². The fourth-order valence-electron chi connectivity index (χ4n) is 1.46. The van der Waals surface area contributed by atoms with Crippen molar-refractivity contribution in [2.24, 2.45) is 11.1 Å². The summed E-state index contributed by atoms with van der Waals surface area (Å²) in [7, 11) is 0. The normalized spacial score (nSPS) is 13.7. The van der Waals surface area contributed by atoms with Crippen molar-refractivity contribution < 1.29 is 4.79 Å². The number of rotatable bonds is 5. The van der Waals surface area contributed by atoms with Crippen LogP contribution in [-0.2, 0) is 6.54 Å². The van der Waals surface area contributed by atoms with Gasteiger partial charge >= 0.3 is 0 Å². The first-order valence-electron chi connectivity index (χ1n) is 6.03. The minimum absolute atomic E-state index is 0.0193. The molecule has 1 aromatic rings. The van der Waals surface area contributed by atoms with E-state index in [0.717, 1.165) is 6.42 Å². The highest BCUT2D eigenvalue weighted by Crippen LogP contribution is 2.21. The van der Waals surface area contributed by atoms with Gasteiger partial charge in [0.25, 0.3) is 0 Å². The Morgan fingerprint density at radius 2 is 2.18 bits per heavy atom. The Bertz CT molecular complexity index is 378. The van der Waals surface area contributed by atoms with Gasteiger partial charge in [-0.15, -0.1) is 5.10 Å². The molecule has 0 aliphatic rings. The smallest absolute Gasteiger partial charge is 0.184 e. The molecule has 1 aromatic heterocycles. The summed E-state index contributed by atoms with van der Waals surface area (Å²) in [4.78, 5) is 12.1. The lowest BCUT2D eigenvalue weighted by Crippen LogP contribution is -2.37. The Hall–Kier alpha value is -1.23. The monoisotopic (exact) mass is 238 g/mol. The number of nitrogens with two attached hydrogens (primary N) is 1. The molecular formula is C12H22N4O. The van der Waals surface area contributed by atoms with Crippen molar-refractivity contribution in [1.29, 1.82) is 0 Å². The summed E-state index contributed by atoms with van der Waals surface area (Å²) in [5.41, 5.74) is 6.50. The second-order valence-corrected chi connectivity index (χ2v) is 5.44. The second kappa shape index (κ2) is 5.40. The Morgan fingerprint density at radius 3 is 2.71 bits per heavy atom. The number of hydrogen-bond donors (Lipinski definition) is 1. The van der Waals surface area contributed by atoms with Crippen LogP contribution in [0.1, 0.15) is 51.0 Å². The summed E-state index contributed by atoms with van der Waals surface area (Å²) >= 11 is 0. The first-order valence-corrected chi connectivity index (χ1v) is 6.03. The van der Waals surface area contributed by atoms with Crippen molar-refractivity contribution in [2.75, 3.05) is 0 Å². The predicted molar refractivity (Wildman–Crippen MR) is 66.7 cm³/mol. The molecule has 1 unspecified atom stereocenters. The molecule has 5 heteroatoms. The minimum atomic E-state index is -0.153. The largest absolute Gasteiger partial charge is 0.327 e. The average molecular weight is 238 g/mol. The van der Waals surface area contributed by atoms with E-state index in [1.807, 2.05) is 27.7 Å². The molecule has 2 N–H and O–H groups in total. The molecule has 0 saturated carbocycles. The van der Waals surface area contributed by atoms with Crippen LogP contribution in [0.3, 0.4) is 0 Å². The molecule has 0 amide bonds. The van der Waals surface area contributed by atoms with Crippen LogP contribution in [0.4, 0.5) is 0 Å². The van der Waals surface area contributed by atoms with E-state index in [-0.39, 0.29) is 17.2 Å². The van der Waals surface area contributed by atoms with E-state index in [9.17, 15) is 4.79 Å². The molecule has 0 aliphatic heterocycles. The molecule has 17 heavy (non-hydrogen) atoms. The number of ketones is 1. The summed E-state index contributed by atoms with van der Waals surface area (Å²) in [6, 6.07) is -0.153. The Kier molecular flexibility index (Phi) is 4.40. The zero-order chi connectivity index (χ0) is 13.1. The van der Waals surface area contributed by atoms with E-state index in [2.05, 4.69) is 10.3 Å². The number of carbonyl (C=O) groups excluding carboxylic acids is 1. The third-order valence-electron chi connectivity index (χ3n) is 2.86. The molecule has 1 rings (SSSR count). The molecule has 0 spiro atoms. The molecule has 0 aromatic carbocycles. The number of aryl methyl sites for hydroxylation is 1. The predicted octanol–water partition coefficient (Wildman–Crippen LogP) is 1.63. The van der Waals surface area contributed by atoms with Crippen LogP contribution in [0.2, 0.25) is 0 Å². The van der Waals surface area contributed by atoms with Gasteiger partial charge in [-0.1, -0.05) is 32.9 Å². The second-order valence-electron chi connectivity index (χ2n) is 5.44. The molecule has 0 bridgehead atoms. The summed E-state index contributed by atoms with van der Waals surface area (Å²) < 4.78 is 1.65. The van der Waals surface area contributed by atoms with Crippen LogP contribution >= 0.6 is 0 Å². The van der Waals surface area contributed by atoms with Crippen molar-refractivity contribution in [3.8, 4) is 0 Å². The SMILES string of the molecule is CCCn1nncc1C(=O)CC(N)C(C)(C)C. The third kappa shape index (κ3) is 3.63. The molecule has 1 atom stereocenters. The maximum atomic E-state index is 12.1. The van der Waals surface area contributed by atoms with E-state index in [0.29, 0.717) is 18.7 Å². The van der Waals surface area contributed by atoms with Gasteiger partial charge < -0.3 is 5.73 Å². The van der Waals surface area contributed by atoms with Gasteiger partial charge in [0.2, 0.25) is 0 Å². The van der Waals surface area contributed by atoms with Gasteiger partial charge in [-0.3, -0.25) is 4.79 Å². The first-order chi connectivity index (χ1) is 7.86. The van der Waals surface area contributed by atoms with Gasteiger partial charge in [0.15, 0.2) is 5.78 Å². The van der Waals surface area contributed by atoms with Gasteiger partial charge in [-0.25, -0.2) is 4.68 Å². The lowest BCUT2D eigenvalue weighted by atomic mass is 9.84. The fourth-order valence-corrected chi connectivity index (χ4v) is 1.46. The maximum absolute atomic E-state index is 12.1. The van der Waals surface area contributed by atoms with E-state index >= 15 is 0 Å². The molecule has 0 aliphatic carbocycles. The van der Waals surface area contributed by atoms with Gasteiger partial charge in [0.05, 0.1) is 6.20 Å². The molecule has 96 valence electrons. The lowest BCUT2D eigenvalue weighted by molar-refractivity contribution is 0.0942. The van der Waals surface area contributed by atoms with Crippen molar-refractivity contribution in [3.05, 3.63) is 11.9 Å². The summed E-state index contributed by atoms with van der Waals surface area (Å²) in [5, 5.41) is 7.68. The molecule has 5 nitrogen and oxygen atoms in total. The summed E-state index contributed by atoms with van der Waals surface area (Å²) in [5.74, 6) is 0.0193. The van der Waals surface area contributed by atoms with Crippen LogP contribution in [0.25, 0.3) is 0 Å². The van der Waals surface area contributed by atoms with Crippen molar-refractivity contribution >= 4 is 5.78 Å². The Morgan fingerprint density at radius 1 is 1.53 bits per heavy atom. The third-order valence-corrected chi connectivity index (χ3v) is 2.86. The van der Waals surface area contributed by atoms with Gasteiger partial charge in [-0.05, 0) is 11.8 Å². The van der Waals surface area contributed by atoms with E-state index in [4.69, 9.17) is 5.73 Å². The highest BCUT2D eigenvalue weighted by molar-refractivity contribution is 5.94. The zero-order valence-corrected chi connectivity index (χ0v) is 11.1. The topological polar surface area (TPSA) is 73.8 Å². The van der Waals surface area contributed by atoms with Crippen molar-refractivity contribution in [2.45, 2.75) is 53.1 Å². The van der Waals surface area contributed by atoms with Crippen LogP contribution in [0.5, 0.6) is 0 Å². The van der Waals surface area contributed by atoms with Crippen molar-refractivity contribution in [1.82, 2.24) is 15.0 Å². The number of aromatic nitrogens is 3. The fraction of sp³-hybridized carbons (Fsp3) is 0.750. The summed E-state index contributed by atoms with van der Waals surface area (Å²) in [6.45, 7) is 8.86. The highest BCUT2D eigenvalue weighted by Gasteiger charge is 2.25. The zero-order valence-electron chi connectivity index (χ0n) is 11.1. The van der Waals surface area contributed by atoms with Crippen LogP contribution in [0.15, 0.2) is 6.20 Å². The van der Waals surface area contributed by atoms with E-state index < -0.39 is 0 Å². The van der Waals surface area contributed by atoms with E-state index in [1.54, 1.807) is 4.68 Å². The quantitative estimate of drug-likeness (QED) is 0.791. The molecular weight excluding hydrogens is 216 g/mol. The van der Waals surface area contributed by atoms with Crippen LogP contribution < -0.4 is 5.73 Å². The highest BCUT2D eigenvalue weighted by atomic mass is 16.1. The Balaban J connectivity index is 2.73. The van der Waals surface area contributed by atoms with Gasteiger partial charge in [-0.2, -0.15) is 0 Å². The molecule has 1 heterocycles. The molecule has 0 fully saturated rings. The van der Waals surface area contributed by atoms with E-state index in [1.165, 1.54) is 6.20 Å². The minimum Gasteiger partial charge on any atom is -0.327 e. The molecule has 0 radical (unpaired) electrons. The Labute approximate surface area is 102 Å².